The molecule has 0 aliphatic carbocycles. The number of aromatic hydroxyl groups is 1. The molecule has 2 atom stereocenters. The Morgan fingerprint density at radius 3 is 2.34 bits per heavy atom. The van der Waals surface area contributed by atoms with Gasteiger partial charge in [0, 0.05) is 63.7 Å². The molecule has 4 aliphatic rings. The Morgan fingerprint density at radius 1 is 0.879 bits per heavy atom. The fourth-order valence-electron chi connectivity index (χ4n) is 9.71. The van der Waals surface area contributed by atoms with Crippen molar-refractivity contribution in [3.8, 4) is 5.75 Å². The third kappa shape index (κ3) is 8.00. The van der Waals surface area contributed by atoms with E-state index in [2.05, 4.69) is 11.5 Å². The van der Waals surface area contributed by atoms with Crippen molar-refractivity contribution >= 4 is 34.5 Å². The number of benzene rings is 3. The Kier molecular flexibility index (Phi) is 11.7. The van der Waals surface area contributed by atoms with Gasteiger partial charge in [-0.05, 0) is 74.0 Å². The lowest BCUT2D eigenvalue weighted by atomic mass is 9.97. The number of phenolic OH excluding ortho intramolecular Hbond substituents is 1. The second-order valence-electron chi connectivity index (χ2n) is 16.3. The second-order valence-corrected chi connectivity index (χ2v) is 16.3. The third-order valence-corrected chi connectivity index (χ3v) is 12.6. The molecule has 1 N–H and O–H groups in total. The van der Waals surface area contributed by atoms with E-state index in [0.29, 0.717) is 24.6 Å². The van der Waals surface area contributed by atoms with Gasteiger partial charge in [0.1, 0.15) is 18.0 Å². The Labute approximate surface area is 340 Å². The van der Waals surface area contributed by atoms with Crippen LogP contribution in [-0.2, 0) is 40.8 Å². The van der Waals surface area contributed by atoms with Crippen LogP contribution in [0.25, 0.3) is 10.9 Å². The first-order chi connectivity index (χ1) is 28.2. The maximum atomic E-state index is 14.8. The zero-order valence-corrected chi connectivity index (χ0v) is 33.5. The van der Waals surface area contributed by atoms with E-state index in [4.69, 9.17) is 0 Å². The van der Waals surface area contributed by atoms with Crippen molar-refractivity contribution in [2.45, 2.75) is 76.2 Å². The Bertz CT molecular complexity index is 2140. The summed E-state index contributed by atoms with van der Waals surface area (Å²) in [6, 6.07) is 22.1. The van der Waals surface area contributed by atoms with Crippen LogP contribution in [0.15, 0.2) is 91.6 Å². The number of phenols is 1. The van der Waals surface area contributed by atoms with E-state index in [0.717, 1.165) is 66.6 Å². The van der Waals surface area contributed by atoms with Crippen LogP contribution in [0.3, 0.4) is 0 Å². The summed E-state index contributed by atoms with van der Waals surface area (Å²) < 4.78 is 1.99. The lowest BCUT2D eigenvalue weighted by Crippen LogP contribution is -2.75. The number of hydrogen-bond acceptors (Lipinski definition) is 7. The van der Waals surface area contributed by atoms with E-state index in [1.807, 2.05) is 71.2 Å². The Balaban J connectivity index is 1.08. The number of carbonyl (C=O) groups excluding carboxylic acids is 4. The van der Waals surface area contributed by atoms with Gasteiger partial charge >= 0.3 is 0 Å². The first kappa shape index (κ1) is 39.4. The predicted octanol–water partition coefficient (Wildman–Crippen LogP) is 4.96. The number of piperidine rings is 2. The zero-order valence-electron chi connectivity index (χ0n) is 33.5. The average Bonchev–Trinajstić information content (AvgIpc) is 3.59. The molecule has 4 amide bonds. The van der Waals surface area contributed by atoms with Crippen molar-refractivity contribution in [2.24, 2.45) is 7.05 Å². The van der Waals surface area contributed by atoms with Gasteiger partial charge in [0.25, 0.3) is 5.91 Å². The number of nitrogens with zero attached hydrogens (tertiary/aromatic N) is 7. The van der Waals surface area contributed by atoms with Gasteiger partial charge in [0.15, 0.2) is 0 Å². The minimum atomic E-state index is -0.885. The molecule has 0 spiro atoms. The molecule has 0 bridgehead atoms. The first-order valence-corrected chi connectivity index (χ1v) is 20.9. The summed E-state index contributed by atoms with van der Waals surface area (Å²) >= 11 is 0. The number of para-hydroxylation sites is 1. The molecule has 4 aliphatic heterocycles. The molecule has 8 rings (SSSR count). The fourth-order valence-corrected chi connectivity index (χ4v) is 9.71. The quantitative estimate of drug-likeness (QED) is 0.214. The molecule has 5 heterocycles. The number of piperazine rings is 1. The molecule has 1 aromatic heterocycles. The number of aryl methyl sites for hydroxylation is 2. The van der Waals surface area contributed by atoms with Gasteiger partial charge in [0.05, 0.1) is 24.2 Å². The molecular weight excluding hydrogens is 731 g/mol. The van der Waals surface area contributed by atoms with Gasteiger partial charge in [-0.25, -0.2) is 10.0 Å². The smallest absolute Gasteiger partial charge is 0.256 e. The summed E-state index contributed by atoms with van der Waals surface area (Å²) in [6.07, 6.45) is 9.63. The molecule has 4 saturated heterocycles. The van der Waals surface area contributed by atoms with Crippen LogP contribution < -0.4 is 0 Å². The fraction of sp³-hybridized carbons (Fsp3) is 0.435. The van der Waals surface area contributed by atoms with Crippen molar-refractivity contribution in [3.05, 3.63) is 114 Å². The number of carbonyl (C=O) groups is 4. The Morgan fingerprint density at radius 2 is 1.62 bits per heavy atom. The highest BCUT2D eigenvalue weighted by atomic mass is 16.3. The molecule has 58 heavy (non-hydrogen) atoms. The SMILES string of the molecule is C=CCN1CC(=O)N2[C@@H](Cc3ccc(O)cc3)C(=O)N(Cc3cccc4c(C(=O)N5CCC(N6CCCCC6)CC5)cn(C)c34)C[C@@H]2N1C(=O)CCc1ccccc1. The molecule has 3 aromatic carbocycles. The van der Waals surface area contributed by atoms with Crippen LogP contribution in [0.2, 0.25) is 0 Å². The molecule has 304 valence electrons. The van der Waals surface area contributed by atoms with Gasteiger partial charge in [-0.15, -0.1) is 6.58 Å². The number of likely N-dealkylation sites (tertiary alicyclic amines) is 2. The minimum Gasteiger partial charge on any atom is -0.508 e. The van der Waals surface area contributed by atoms with Crippen LogP contribution in [0.4, 0.5) is 0 Å². The molecule has 12 heteroatoms. The summed E-state index contributed by atoms with van der Waals surface area (Å²) in [5.74, 6) is -0.447. The van der Waals surface area contributed by atoms with Crippen molar-refractivity contribution in [2.75, 3.05) is 45.8 Å². The number of hydrogen-bond donors (Lipinski definition) is 1. The van der Waals surface area contributed by atoms with E-state index in [-0.39, 0.29) is 61.9 Å². The van der Waals surface area contributed by atoms with Gasteiger partial charge in [-0.2, -0.15) is 0 Å². The van der Waals surface area contributed by atoms with Crippen molar-refractivity contribution in [3.63, 3.8) is 0 Å². The van der Waals surface area contributed by atoms with E-state index in [9.17, 15) is 24.3 Å². The van der Waals surface area contributed by atoms with E-state index < -0.39 is 12.2 Å². The topological polar surface area (TPSA) is 113 Å². The van der Waals surface area contributed by atoms with E-state index >= 15 is 0 Å². The first-order valence-electron chi connectivity index (χ1n) is 20.9. The van der Waals surface area contributed by atoms with Crippen molar-refractivity contribution in [1.82, 2.24) is 34.2 Å². The maximum absolute atomic E-state index is 14.8. The zero-order chi connectivity index (χ0) is 40.3. The van der Waals surface area contributed by atoms with Gasteiger partial charge in [0.2, 0.25) is 17.7 Å². The van der Waals surface area contributed by atoms with Crippen LogP contribution >= 0.6 is 0 Å². The monoisotopic (exact) mass is 785 g/mol. The highest BCUT2D eigenvalue weighted by Crippen LogP contribution is 2.33. The van der Waals surface area contributed by atoms with E-state index in [1.54, 1.807) is 50.2 Å². The van der Waals surface area contributed by atoms with Crippen molar-refractivity contribution < 1.29 is 24.3 Å². The largest absolute Gasteiger partial charge is 0.508 e. The molecule has 4 fully saturated rings. The van der Waals surface area contributed by atoms with Crippen molar-refractivity contribution in [1.29, 1.82) is 0 Å². The molecule has 0 saturated carbocycles. The molecular formula is C46H55N7O5. The normalized spacial score (nSPS) is 21.1. The second kappa shape index (κ2) is 17.2. The van der Waals surface area contributed by atoms with Gasteiger partial charge in [-0.3, -0.25) is 19.2 Å². The van der Waals surface area contributed by atoms with Crippen LogP contribution in [0, 0.1) is 0 Å². The molecule has 12 nitrogen and oxygen atoms in total. The Hall–Kier alpha value is -5.46. The average molecular weight is 786 g/mol. The minimum absolute atomic E-state index is 0.0335. The predicted molar refractivity (Wildman–Crippen MR) is 222 cm³/mol. The standard InChI is InChI=1S/C46H55N7O5/c1-3-23-51-32-43(56)52-40(28-34-15-18-37(54)19-16-34)46(58)50(31-41(52)53(51)42(55)20-17-33-11-6-4-7-12-33)29-35-13-10-14-38-39(30-47(2)44(35)38)45(57)49-26-21-36(22-27-49)48-24-8-5-9-25-48/h3-4,6-7,10-16,18-19,30,36,40-41,54H,1,5,8-9,17,20-29,31-32H2,2H3/t40-,41-/m0/s1. The summed E-state index contributed by atoms with van der Waals surface area (Å²) in [5.41, 5.74) is 4.23. The van der Waals surface area contributed by atoms with Gasteiger partial charge < -0.3 is 29.3 Å². The molecule has 4 aromatic rings. The number of amides is 4. The summed E-state index contributed by atoms with van der Waals surface area (Å²) in [5, 5.41) is 14.3. The lowest BCUT2D eigenvalue weighted by Gasteiger charge is -2.55. The van der Waals surface area contributed by atoms with Crippen LogP contribution in [-0.4, -0.2) is 127 Å². The highest BCUT2D eigenvalue weighted by Gasteiger charge is 2.51. The third-order valence-electron chi connectivity index (χ3n) is 12.6. The summed E-state index contributed by atoms with van der Waals surface area (Å²) in [4.78, 5) is 65.3. The number of rotatable bonds is 11. The van der Waals surface area contributed by atoms with E-state index in [1.165, 1.54) is 19.3 Å². The van der Waals surface area contributed by atoms with Crippen LogP contribution in [0.5, 0.6) is 5.75 Å². The number of aromatic nitrogens is 1. The van der Waals surface area contributed by atoms with Gasteiger partial charge in [-0.1, -0.05) is 73.2 Å². The molecule has 0 unspecified atom stereocenters. The highest BCUT2D eigenvalue weighted by molar-refractivity contribution is 6.07. The lowest BCUT2D eigenvalue weighted by molar-refractivity contribution is -0.205. The number of fused-ring (bicyclic) bond motifs is 2. The maximum Gasteiger partial charge on any atom is 0.256 e. The molecule has 0 radical (unpaired) electrons. The number of hydrazine groups is 1. The summed E-state index contributed by atoms with van der Waals surface area (Å²) in [7, 11) is 1.94. The van der Waals surface area contributed by atoms with Crippen LogP contribution in [0.1, 0.15) is 65.6 Å². The summed E-state index contributed by atoms with van der Waals surface area (Å²) in [6.45, 7) is 8.27.